The van der Waals surface area contributed by atoms with Crippen molar-refractivity contribution in [2.24, 2.45) is 0 Å². The SMILES string of the molecule is COc1ccc(-c2nc(SC)c(C#N)c(N3CCOCC3)n2)cc1. The highest BCUT2D eigenvalue weighted by Crippen LogP contribution is 2.30. The molecule has 0 N–H and O–H groups in total. The molecule has 0 spiro atoms. The molecule has 0 aliphatic carbocycles. The van der Waals surface area contributed by atoms with Crippen LogP contribution < -0.4 is 9.64 Å². The first-order valence-corrected chi connectivity index (χ1v) is 8.82. The van der Waals surface area contributed by atoms with Crippen molar-refractivity contribution in [2.45, 2.75) is 5.03 Å². The largest absolute Gasteiger partial charge is 0.497 e. The minimum Gasteiger partial charge on any atom is -0.497 e. The van der Waals surface area contributed by atoms with Crippen LogP contribution in [-0.4, -0.2) is 49.6 Å². The Hall–Kier alpha value is -2.30. The molecule has 0 unspecified atom stereocenters. The maximum absolute atomic E-state index is 9.57. The number of methoxy groups -OCH3 is 1. The molecule has 0 bridgehead atoms. The Morgan fingerprint density at radius 1 is 1.21 bits per heavy atom. The van der Waals surface area contributed by atoms with Gasteiger partial charge >= 0.3 is 0 Å². The van der Waals surface area contributed by atoms with E-state index in [0.717, 1.165) is 24.4 Å². The standard InChI is InChI=1S/C17H18N4O2S/c1-22-13-5-3-12(4-6-13)15-19-16(21-7-9-23-10-8-21)14(11-18)17(20-15)24-2/h3-6H,7-10H2,1-2H3. The van der Waals surface area contributed by atoms with E-state index in [1.54, 1.807) is 7.11 Å². The van der Waals surface area contributed by atoms with E-state index in [2.05, 4.69) is 20.9 Å². The Bertz CT molecular complexity index is 752. The molecule has 2 aromatic rings. The summed E-state index contributed by atoms with van der Waals surface area (Å²) < 4.78 is 10.6. The summed E-state index contributed by atoms with van der Waals surface area (Å²) in [6, 6.07) is 9.87. The number of anilines is 1. The highest BCUT2D eigenvalue weighted by molar-refractivity contribution is 7.98. The van der Waals surface area contributed by atoms with Crippen LogP contribution in [0.1, 0.15) is 5.56 Å². The minimum atomic E-state index is 0.529. The number of ether oxygens (including phenoxy) is 2. The molecule has 0 atom stereocenters. The minimum absolute atomic E-state index is 0.529. The predicted molar refractivity (Wildman–Crippen MR) is 93.5 cm³/mol. The van der Waals surface area contributed by atoms with Crippen molar-refractivity contribution in [3.8, 4) is 23.2 Å². The van der Waals surface area contributed by atoms with Gasteiger partial charge < -0.3 is 14.4 Å². The van der Waals surface area contributed by atoms with Gasteiger partial charge in [0, 0.05) is 18.7 Å². The summed E-state index contributed by atoms with van der Waals surface area (Å²) >= 11 is 1.46. The number of rotatable bonds is 4. The van der Waals surface area contributed by atoms with E-state index in [9.17, 15) is 5.26 Å². The van der Waals surface area contributed by atoms with Gasteiger partial charge in [-0.1, -0.05) is 0 Å². The summed E-state index contributed by atoms with van der Waals surface area (Å²) in [5.74, 6) is 2.08. The summed E-state index contributed by atoms with van der Waals surface area (Å²) in [6.07, 6.45) is 1.92. The average molecular weight is 342 g/mol. The Morgan fingerprint density at radius 3 is 2.50 bits per heavy atom. The normalized spacial score (nSPS) is 14.3. The Kier molecular flexibility index (Phi) is 5.18. The van der Waals surface area contributed by atoms with Gasteiger partial charge in [0.25, 0.3) is 0 Å². The van der Waals surface area contributed by atoms with Crippen molar-refractivity contribution < 1.29 is 9.47 Å². The monoisotopic (exact) mass is 342 g/mol. The molecule has 7 heteroatoms. The molecule has 0 radical (unpaired) electrons. The molecule has 0 amide bonds. The highest BCUT2D eigenvalue weighted by atomic mass is 32.2. The maximum atomic E-state index is 9.57. The van der Waals surface area contributed by atoms with Crippen LogP contribution in [0.5, 0.6) is 5.75 Å². The van der Waals surface area contributed by atoms with Crippen LogP contribution in [0.2, 0.25) is 0 Å². The zero-order valence-corrected chi connectivity index (χ0v) is 14.5. The van der Waals surface area contributed by atoms with Gasteiger partial charge in [-0.2, -0.15) is 5.26 Å². The van der Waals surface area contributed by atoms with E-state index >= 15 is 0 Å². The molecule has 1 aromatic heterocycles. The number of nitrogens with zero attached hydrogens (tertiary/aromatic N) is 4. The molecule has 0 saturated carbocycles. The predicted octanol–water partition coefficient (Wildman–Crippen LogP) is 2.58. The maximum Gasteiger partial charge on any atom is 0.162 e. The van der Waals surface area contributed by atoms with Gasteiger partial charge in [0.2, 0.25) is 0 Å². The molecule has 1 fully saturated rings. The van der Waals surface area contributed by atoms with Gasteiger partial charge in [-0.25, -0.2) is 9.97 Å². The van der Waals surface area contributed by atoms with Gasteiger partial charge in [-0.15, -0.1) is 11.8 Å². The first-order valence-electron chi connectivity index (χ1n) is 7.60. The van der Waals surface area contributed by atoms with Gasteiger partial charge in [0.15, 0.2) is 11.6 Å². The number of hydrogen-bond donors (Lipinski definition) is 0. The second-order valence-corrected chi connectivity index (χ2v) is 5.99. The van der Waals surface area contributed by atoms with Crippen LogP contribution in [0, 0.1) is 11.3 Å². The zero-order chi connectivity index (χ0) is 16.9. The summed E-state index contributed by atoms with van der Waals surface area (Å²) in [4.78, 5) is 11.4. The number of thioether (sulfide) groups is 1. The lowest BCUT2D eigenvalue weighted by Gasteiger charge is -2.29. The zero-order valence-electron chi connectivity index (χ0n) is 13.7. The van der Waals surface area contributed by atoms with Crippen molar-refractivity contribution in [2.75, 3.05) is 44.6 Å². The van der Waals surface area contributed by atoms with E-state index in [1.807, 2.05) is 30.5 Å². The molecule has 1 aliphatic rings. The van der Waals surface area contributed by atoms with Gasteiger partial charge in [0.05, 0.1) is 20.3 Å². The van der Waals surface area contributed by atoms with Crippen molar-refractivity contribution in [1.29, 1.82) is 5.26 Å². The summed E-state index contributed by atoms with van der Waals surface area (Å²) in [6.45, 7) is 2.73. The number of benzene rings is 1. The molecule has 2 heterocycles. The molecule has 1 saturated heterocycles. The number of hydrogen-bond acceptors (Lipinski definition) is 7. The summed E-state index contributed by atoms with van der Waals surface area (Å²) in [7, 11) is 1.63. The van der Waals surface area contributed by atoms with Gasteiger partial charge in [-0.05, 0) is 30.5 Å². The van der Waals surface area contributed by atoms with Crippen molar-refractivity contribution in [1.82, 2.24) is 9.97 Å². The van der Waals surface area contributed by atoms with Crippen LogP contribution >= 0.6 is 11.8 Å². The van der Waals surface area contributed by atoms with Crippen LogP contribution in [-0.2, 0) is 4.74 Å². The van der Waals surface area contributed by atoms with Gasteiger partial charge in [-0.3, -0.25) is 0 Å². The second-order valence-electron chi connectivity index (χ2n) is 5.19. The molecular formula is C17H18N4O2S. The topological polar surface area (TPSA) is 71.3 Å². The van der Waals surface area contributed by atoms with Crippen LogP contribution in [0.4, 0.5) is 5.82 Å². The first-order chi connectivity index (χ1) is 11.8. The van der Waals surface area contributed by atoms with Crippen LogP contribution in [0.3, 0.4) is 0 Å². The molecule has 24 heavy (non-hydrogen) atoms. The van der Waals surface area contributed by atoms with Crippen LogP contribution in [0.25, 0.3) is 11.4 Å². The highest BCUT2D eigenvalue weighted by Gasteiger charge is 2.21. The quantitative estimate of drug-likeness (QED) is 0.624. The van der Waals surface area contributed by atoms with E-state index in [-0.39, 0.29) is 0 Å². The van der Waals surface area contributed by atoms with Crippen molar-refractivity contribution in [3.63, 3.8) is 0 Å². The molecule has 1 aliphatic heterocycles. The van der Waals surface area contributed by atoms with Crippen molar-refractivity contribution >= 4 is 17.6 Å². The first kappa shape index (κ1) is 16.6. The van der Waals surface area contributed by atoms with E-state index < -0.39 is 0 Å². The number of nitriles is 1. The molecule has 1 aromatic carbocycles. The second kappa shape index (κ2) is 7.51. The Morgan fingerprint density at radius 2 is 1.92 bits per heavy atom. The van der Waals surface area contributed by atoms with E-state index in [4.69, 9.17) is 9.47 Å². The molecule has 3 rings (SSSR count). The lowest BCUT2D eigenvalue weighted by molar-refractivity contribution is 0.122. The fraction of sp³-hybridized carbons (Fsp3) is 0.353. The van der Waals surface area contributed by atoms with Crippen molar-refractivity contribution in [3.05, 3.63) is 29.8 Å². The number of aromatic nitrogens is 2. The molecule has 6 nitrogen and oxygen atoms in total. The Labute approximate surface area is 145 Å². The van der Waals surface area contributed by atoms with E-state index in [1.165, 1.54) is 11.8 Å². The average Bonchev–Trinajstić information content (AvgIpc) is 2.67. The lowest BCUT2D eigenvalue weighted by atomic mass is 10.2. The lowest BCUT2D eigenvalue weighted by Crippen LogP contribution is -2.37. The van der Waals surface area contributed by atoms with Gasteiger partial charge in [0.1, 0.15) is 22.4 Å². The smallest absolute Gasteiger partial charge is 0.162 e. The Balaban J connectivity index is 2.07. The molecule has 124 valence electrons. The molecular weight excluding hydrogens is 324 g/mol. The third-order valence-corrected chi connectivity index (χ3v) is 4.50. The van der Waals surface area contributed by atoms with Crippen LogP contribution in [0.15, 0.2) is 29.3 Å². The number of morpholine rings is 1. The summed E-state index contributed by atoms with van der Waals surface area (Å²) in [5.41, 5.74) is 1.42. The fourth-order valence-corrected chi connectivity index (χ4v) is 3.07. The third-order valence-electron chi connectivity index (χ3n) is 3.82. The van der Waals surface area contributed by atoms with E-state index in [0.29, 0.717) is 35.4 Å². The fourth-order valence-electron chi connectivity index (χ4n) is 2.55. The summed E-state index contributed by atoms with van der Waals surface area (Å²) in [5, 5.41) is 10.3. The third kappa shape index (κ3) is 3.30.